The molecule has 2 fully saturated rings. The van der Waals surface area contributed by atoms with Gasteiger partial charge in [0.2, 0.25) is 0 Å². The van der Waals surface area contributed by atoms with Gasteiger partial charge in [-0.05, 0) is 42.8 Å². The van der Waals surface area contributed by atoms with Crippen LogP contribution in [0.3, 0.4) is 0 Å². The number of nitrogens with zero attached hydrogens (tertiary/aromatic N) is 1. The van der Waals surface area contributed by atoms with E-state index in [1.165, 1.54) is 0 Å². The van der Waals surface area contributed by atoms with Gasteiger partial charge in [0, 0.05) is 18.3 Å². The molecule has 4 N–H and O–H groups in total. The van der Waals surface area contributed by atoms with Gasteiger partial charge in [0.05, 0.1) is 17.6 Å². The number of allylic oxidation sites excluding steroid dienone is 4. The molecule has 1 aromatic heterocycles. The third-order valence-corrected chi connectivity index (χ3v) is 4.91. The highest BCUT2D eigenvalue weighted by molar-refractivity contribution is 5.90. The van der Waals surface area contributed by atoms with Gasteiger partial charge in [-0.15, -0.1) is 0 Å². The number of pyridine rings is 1. The molecule has 1 aliphatic heterocycles. The molecule has 7 nitrogen and oxygen atoms in total. The van der Waals surface area contributed by atoms with Gasteiger partial charge in [0.1, 0.15) is 40.8 Å². The van der Waals surface area contributed by atoms with E-state index < -0.39 is 17.7 Å². The maximum atomic E-state index is 13.7. The van der Waals surface area contributed by atoms with Crippen LogP contribution in [0.1, 0.15) is 6.92 Å². The SMILES string of the molecule is C=C1/C(=C\C=C(/C)Oc2ccnc(N)c2)O[C@@H]2[C@@H](NC(=O)Nc3ccc(F)cc3F)[C@H]12. The number of halogens is 2. The number of nitrogen functional groups attached to an aromatic ring is 1. The van der Waals surface area contributed by atoms with Gasteiger partial charge in [-0.2, -0.15) is 0 Å². The second-order valence-corrected chi connectivity index (χ2v) is 7.21. The van der Waals surface area contributed by atoms with Crippen molar-refractivity contribution in [3.8, 4) is 5.75 Å². The summed E-state index contributed by atoms with van der Waals surface area (Å²) in [4.78, 5) is 16.0. The van der Waals surface area contributed by atoms with E-state index in [4.69, 9.17) is 15.2 Å². The third-order valence-electron chi connectivity index (χ3n) is 4.91. The first-order valence-electron chi connectivity index (χ1n) is 9.48. The number of nitrogens with two attached hydrogens (primary N) is 1. The summed E-state index contributed by atoms with van der Waals surface area (Å²) in [5, 5.41) is 5.08. The average molecular weight is 426 g/mol. The summed E-state index contributed by atoms with van der Waals surface area (Å²) >= 11 is 0. The first-order chi connectivity index (χ1) is 14.8. The molecule has 2 aromatic rings. The molecule has 2 heterocycles. The molecule has 0 bridgehead atoms. The first kappa shape index (κ1) is 20.4. The third kappa shape index (κ3) is 4.50. The number of amides is 2. The number of rotatable bonds is 5. The maximum Gasteiger partial charge on any atom is 0.319 e. The standard InChI is InChI=1S/C22H20F2N4O3/c1-11(30-14-7-8-26-18(25)10-14)3-6-17-12(2)19-20(21(19)31-17)28-22(29)27-16-5-4-13(23)9-15(16)24/h3-10,19-21H,2H2,1H3,(H2,25,26)(H2,27,28,29)/b11-3+,17-6+/t19-,20-,21-/m0/s1. The van der Waals surface area contributed by atoms with Gasteiger partial charge >= 0.3 is 6.03 Å². The highest BCUT2D eigenvalue weighted by Crippen LogP contribution is 2.50. The van der Waals surface area contributed by atoms with Crippen LogP contribution in [-0.4, -0.2) is 23.2 Å². The van der Waals surface area contributed by atoms with Crippen molar-refractivity contribution in [2.24, 2.45) is 5.92 Å². The van der Waals surface area contributed by atoms with E-state index in [1.54, 1.807) is 37.4 Å². The molecule has 2 aliphatic rings. The van der Waals surface area contributed by atoms with Gasteiger partial charge in [-0.3, -0.25) is 0 Å². The quantitative estimate of drug-likeness (QED) is 0.631. The number of hydrogen-bond donors (Lipinski definition) is 3. The van der Waals surface area contributed by atoms with Gasteiger partial charge < -0.3 is 25.8 Å². The smallest absolute Gasteiger partial charge is 0.319 e. The van der Waals surface area contributed by atoms with Crippen molar-refractivity contribution in [3.05, 3.63) is 84.0 Å². The lowest BCUT2D eigenvalue weighted by molar-refractivity contribution is 0.210. The summed E-state index contributed by atoms with van der Waals surface area (Å²) in [6.07, 6.45) is 4.81. The Morgan fingerprint density at radius 1 is 1.32 bits per heavy atom. The van der Waals surface area contributed by atoms with Crippen molar-refractivity contribution in [2.45, 2.75) is 19.1 Å². The van der Waals surface area contributed by atoms with Gasteiger partial charge in [-0.1, -0.05) is 6.58 Å². The number of carbonyl (C=O) groups is 1. The van der Waals surface area contributed by atoms with Crippen LogP contribution in [0.5, 0.6) is 5.75 Å². The van der Waals surface area contributed by atoms with Crippen molar-refractivity contribution < 1.29 is 23.0 Å². The summed E-state index contributed by atoms with van der Waals surface area (Å²) < 4.78 is 38.1. The van der Waals surface area contributed by atoms with Crippen LogP contribution >= 0.6 is 0 Å². The molecule has 1 aromatic carbocycles. The van der Waals surface area contributed by atoms with Crippen molar-refractivity contribution >= 4 is 17.5 Å². The monoisotopic (exact) mass is 426 g/mol. The highest BCUT2D eigenvalue weighted by atomic mass is 19.1. The molecule has 1 saturated carbocycles. The summed E-state index contributed by atoms with van der Waals surface area (Å²) in [6, 6.07) is 5.36. The highest BCUT2D eigenvalue weighted by Gasteiger charge is 2.60. The Kier molecular flexibility index (Phi) is 5.33. The Labute approximate surface area is 177 Å². The molecule has 2 amide bonds. The minimum atomic E-state index is -0.851. The van der Waals surface area contributed by atoms with Gasteiger partial charge in [0.25, 0.3) is 0 Å². The molecule has 3 atom stereocenters. The predicted octanol–water partition coefficient (Wildman–Crippen LogP) is 3.88. The second kappa shape index (κ2) is 8.10. The lowest BCUT2D eigenvalue weighted by Crippen LogP contribution is -2.34. The van der Waals surface area contributed by atoms with Crippen LogP contribution in [0.15, 0.2) is 72.4 Å². The van der Waals surface area contributed by atoms with Crippen molar-refractivity contribution in [2.75, 3.05) is 11.1 Å². The maximum absolute atomic E-state index is 13.7. The Morgan fingerprint density at radius 2 is 2.13 bits per heavy atom. The van der Waals surface area contributed by atoms with E-state index in [1.807, 2.05) is 0 Å². The summed E-state index contributed by atoms with van der Waals surface area (Å²) in [5.74, 6) is 0.521. The number of benzene rings is 1. The molecule has 0 spiro atoms. The number of anilines is 2. The van der Waals surface area contributed by atoms with Crippen LogP contribution < -0.4 is 21.1 Å². The summed E-state index contributed by atoms with van der Waals surface area (Å²) in [5.41, 5.74) is 6.27. The predicted molar refractivity (Wildman–Crippen MR) is 111 cm³/mol. The number of urea groups is 1. The Bertz CT molecular complexity index is 1120. The average Bonchev–Trinajstić information content (AvgIpc) is 3.26. The second-order valence-electron chi connectivity index (χ2n) is 7.21. The molecule has 160 valence electrons. The van der Waals surface area contributed by atoms with Crippen LogP contribution in [0.2, 0.25) is 0 Å². The van der Waals surface area contributed by atoms with Gasteiger partial charge in [-0.25, -0.2) is 18.6 Å². The lowest BCUT2D eigenvalue weighted by Gasteiger charge is -2.12. The largest absolute Gasteiger partial charge is 0.487 e. The fourth-order valence-corrected chi connectivity index (χ4v) is 3.35. The minimum Gasteiger partial charge on any atom is -0.487 e. The zero-order valence-electron chi connectivity index (χ0n) is 16.6. The Morgan fingerprint density at radius 3 is 2.81 bits per heavy atom. The van der Waals surface area contributed by atoms with Crippen LogP contribution in [0.4, 0.5) is 25.1 Å². The zero-order chi connectivity index (χ0) is 22.1. The summed E-state index contributed by atoms with van der Waals surface area (Å²) in [7, 11) is 0. The van der Waals surface area contributed by atoms with Crippen molar-refractivity contribution in [3.63, 3.8) is 0 Å². The normalized spacial score (nSPS) is 23.2. The zero-order valence-corrected chi connectivity index (χ0v) is 16.6. The number of aromatic nitrogens is 1. The Balaban J connectivity index is 1.30. The molecular weight excluding hydrogens is 406 g/mol. The molecule has 31 heavy (non-hydrogen) atoms. The number of nitrogens with one attached hydrogen (secondary N) is 2. The van der Waals surface area contributed by atoms with E-state index in [2.05, 4.69) is 22.2 Å². The summed E-state index contributed by atoms with van der Waals surface area (Å²) in [6.45, 7) is 5.82. The van der Waals surface area contributed by atoms with Crippen LogP contribution in [0.25, 0.3) is 0 Å². The van der Waals surface area contributed by atoms with Crippen molar-refractivity contribution in [1.29, 1.82) is 0 Å². The molecule has 0 unspecified atom stereocenters. The Hall–Kier alpha value is -3.88. The number of ether oxygens (including phenoxy) is 2. The van der Waals surface area contributed by atoms with Gasteiger partial charge in [0.15, 0.2) is 0 Å². The molecular formula is C22H20F2N4O3. The van der Waals surface area contributed by atoms with E-state index in [0.29, 0.717) is 29.2 Å². The van der Waals surface area contributed by atoms with E-state index in [9.17, 15) is 13.6 Å². The first-order valence-corrected chi connectivity index (χ1v) is 9.48. The molecule has 1 saturated heterocycles. The van der Waals surface area contributed by atoms with E-state index in [-0.39, 0.29) is 23.8 Å². The molecule has 1 aliphatic carbocycles. The fourth-order valence-electron chi connectivity index (χ4n) is 3.35. The topological polar surface area (TPSA) is 98.5 Å². The number of hydrogen-bond acceptors (Lipinski definition) is 5. The number of carbonyl (C=O) groups excluding carboxylic acids is 1. The van der Waals surface area contributed by atoms with E-state index >= 15 is 0 Å². The molecule has 4 rings (SSSR count). The number of fused-ring (bicyclic) bond motifs is 1. The fraction of sp³-hybridized carbons (Fsp3) is 0.182. The van der Waals surface area contributed by atoms with Crippen LogP contribution in [0, 0.1) is 17.6 Å². The van der Waals surface area contributed by atoms with E-state index in [0.717, 1.165) is 17.7 Å². The lowest BCUT2D eigenvalue weighted by atomic mass is 10.1. The van der Waals surface area contributed by atoms with Crippen LogP contribution in [-0.2, 0) is 4.74 Å². The molecule has 9 heteroatoms. The minimum absolute atomic E-state index is 0.0651. The molecule has 0 radical (unpaired) electrons. The van der Waals surface area contributed by atoms with Crippen molar-refractivity contribution in [1.82, 2.24) is 10.3 Å².